The summed E-state index contributed by atoms with van der Waals surface area (Å²) < 4.78 is 0. The van der Waals surface area contributed by atoms with Gasteiger partial charge in [-0.15, -0.1) is 0 Å². The predicted molar refractivity (Wildman–Crippen MR) is 80.1 cm³/mol. The third kappa shape index (κ3) is 1.68. The van der Waals surface area contributed by atoms with Crippen LogP contribution < -0.4 is 5.32 Å². The van der Waals surface area contributed by atoms with Crippen LogP contribution in [0.25, 0.3) is 0 Å². The summed E-state index contributed by atoms with van der Waals surface area (Å²) >= 11 is 0. The number of hydrogen-bond acceptors (Lipinski definition) is 2. The summed E-state index contributed by atoms with van der Waals surface area (Å²) in [6.07, 6.45) is 3.31. The zero-order chi connectivity index (χ0) is 13.6. The molecule has 2 heteroatoms. The molecule has 2 nitrogen and oxygen atoms in total. The lowest BCUT2D eigenvalue weighted by atomic mass is 9.61. The first-order chi connectivity index (χ1) is 9.78. The molecule has 0 unspecified atom stereocenters. The van der Waals surface area contributed by atoms with Crippen molar-refractivity contribution in [1.82, 2.24) is 5.32 Å². The average molecular weight is 265 g/mol. The Kier molecular flexibility index (Phi) is 2.61. The molecule has 1 saturated heterocycles. The van der Waals surface area contributed by atoms with Crippen molar-refractivity contribution in [2.45, 2.75) is 30.7 Å². The highest BCUT2D eigenvalue weighted by atomic mass is 16.3. The Morgan fingerprint density at radius 3 is 2.80 bits per heavy atom. The van der Waals surface area contributed by atoms with E-state index in [4.69, 9.17) is 0 Å². The van der Waals surface area contributed by atoms with Gasteiger partial charge in [0.05, 0.1) is 0 Å². The van der Waals surface area contributed by atoms with Gasteiger partial charge in [-0.05, 0) is 54.6 Å². The van der Waals surface area contributed by atoms with Gasteiger partial charge in [0.25, 0.3) is 0 Å². The van der Waals surface area contributed by atoms with Crippen LogP contribution in [-0.4, -0.2) is 17.7 Å². The van der Waals surface area contributed by atoms with E-state index in [1.165, 1.54) is 16.7 Å². The highest BCUT2D eigenvalue weighted by molar-refractivity contribution is 5.50. The van der Waals surface area contributed by atoms with Crippen molar-refractivity contribution in [3.8, 4) is 5.75 Å². The molecule has 20 heavy (non-hydrogen) atoms. The van der Waals surface area contributed by atoms with Crippen LogP contribution in [0.15, 0.2) is 48.5 Å². The van der Waals surface area contributed by atoms with E-state index >= 15 is 0 Å². The zero-order valence-corrected chi connectivity index (χ0v) is 11.5. The van der Waals surface area contributed by atoms with Crippen molar-refractivity contribution < 1.29 is 5.11 Å². The number of phenolic OH excluding ortho intramolecular Hbond substituents is 1. The number of aromatic hydroxyl groups is 1. The van der Waals surface area contributed by atoms with Gasteiger partial charge in [-0.2, -0.15) is 0 Å². The Hall–Kier alpha value is -1.80. The smallest absolute Gasteiger partial charge is 0.115 e. The largest absolute Gasteiger partial charge is 0.508 e. The van der Waals surface area contributed by atoms with Crippen molar-refractivity contribution >= 4 is 0 Å². The first-order valence-corrected chi connectivity index (χ1v) is 7.39. The van der Waals surface area contributed by atoms with E-state index in [1.54, 1.807) is 0 Å². The minimum atomic E-state index is 0.0729. The molecule has 1 heterocycles. The molecule has 2 aromatic rings. The number of benzene rings is 2. The number of piperidine rings is 1. The van der Waals surface area contributed by atoms with E-state index in [0.717, 1.165) is 25.8 Å². The summed E-state index contributed by atoms with van der Waals surface area (Å²) in [4.78, 5) is 0. The fourth-order valence-electron chi connectivity index (χ4n) is 4.10. The summed E-state index contributed by atoms with van der Waals surface area (Å²) in [7, 11) is 0. The van der Waals surface area contributed by atoms with E-state index < -0.39 is 0 Å². The third-order valence-corrected chi connectivity index (χ3v) is 4.98. The summed E-state index contributed by atoms with van der Waals surface area (Å²) in [6, 6.07) is 17.3. The predicted octanol–water partition coefficient (Wildman–Crippen LogP) is 2.99. The Bertz CT molecular complexity index is 637. The van der Waals surface area contributed by atoms with Crippen molar-refractivity contribution in [1.29, 1.82) is 0 Å². The lowest BCUT2D eigenvalue weighted by Gasteiger charge is -2.47. The monoisotopic (exact) mass is 265 g/mol. The second-order valence-corrected chi connectivity index (χ2v) is 6.10. The second-order valence-electron chi connectivity index (χ2n) is 6.10. The highest BCUT2D eigenvalue weighted by Gasteiger charge is 2.44. The SMILES string of the molecule is Oc1ccc2c(c1)[C@@]1(c3ccccc3)CCN[C@@H](C2)C1. The van der Waals surface area contributed by atoms with Gasteiger partial charge < -0.3 is 10.4 Å². The maximum Gasteiger partial charge on any atom is 0.115 e. The first kappa shape index (κ1) is 12.0. The van der Waals surface area contributed by atoms with Crippen LogP contribution in [0, 0.1) is 0 Å². The van der Waals surface area contributed by atoms with Crippen LogP contribution in [0.3, 0.4) is 0 Å². The third-order valence-electron chi connectivity index (χ3n) is 4.98. The molecule has 2 aliphatic rings. The molecule has 4 rings (SSSR count). The number of phenols is 1. The fraction of sp³-hybridized carbons (Fsp3) is 0.333. The molecule has 1 aliphatic carbocycles. The molecule has 1 fully saturated rings. The van der Waals surface area contributed by atoms with Gasteiger partial charge in [-0.3, -0.25) is 0 Å². The number of hydrogen-bond donors (Lipinski definition) is 2. The molecule has 102 valence electrons. The van der Waals surface area contributed by atoms with Gasteiger partial charge in [0.2, 0.25) is 0 Å². The van der Waals surface area contributed by atoms with Crippen LogP contribution in [0.4, 0.5) is 0 Å². The Labute approximate surface area is 119 Å². The standard InChI is InChI=1S/C18H19NO/c20-16-7-6-13-10-15-12-18(8-9-19-15,17(13)11-16)14-4-2-1-3-5-14/h1-7,11,15,19-20H,8-10,12H2/t15-,18-/m0/s1. The molecule has 0 spiro atoms. The Balaban J connectivity index is 1.95. The molecule has 0 amide bonds. The summed E-state index contributed by atoms with van der Waals surface area (Å²) in [6.45, 7) is 1.05. The zero-order valence-electron chi connectivity index (χ0n) is 11.5. The van der Waals surface area contributed by atoms with E-state index in [9.17, 15) is 5.11 Å². The molecule has 2 atom stereocenters. The Morgan fingerprint density at radius 1 is 1.10 bits per heavy atom. The first-order valence-electron chi connectivity index (χ1n) is 7.39. The van der Waals surface area contributed by atoms with Crippen molar-refractivity contribution in [2.24, 2.45) is 0 Å². The molecule has 2 N–H and O–H groups in total. The fourth-order valence-corrected chi connectivity index (χ4v) is 4.10. The van der Waals surface area contributed by atoms with Gasteiger partial charge in [-0.1, -0.05) is 36.4 Å². The van der Waals surface area contributed by atoms with Gasteiger partial charge in [0.1, 0.15) is 5.75 Å². The van der Waals surface area contributed by atoms with Crippen LogP contribution >= 0.6 is 0 Å². The van der Waals surface area contributed by atoms with Crippen LogP contribution in [0.2, 0.25) is 0 Å². The second kappa shape index (κ2) is 4.35. The van der Waals surface area contributed by atoms with Gasteiger partial charge in [-0.25, -0.2) is 0 Å². The average Bonchev–Trinajstić information content (AvgIpc) is 2.49. The maximum absolute atomic E-state index is 9.93. The molecule has 0 aromatic heterocycles. The number of nitrogens with one attached hydrogen (secondary N) is 1. The summed E-state index contributed by atoms with van der Waals surface area (Å²) in [5, 5.41) is 13.6. The minimum absolute atomic E-state index is 0.0729. The quantitative estimate of drug-likeness (QED) is 0.831. The molecule has 1 aliphatic heterocycles. The van der Waals surface area contributed by atoms with Gasteiger partial charge >= 0.3 is 0 Å². The topological polar surface area (TPSA) is 32.3 Å². The molecular weight excluding hydrogens is 246 g/mol. The van der Waals surface area contributed by atoms with Crippen molar-refractivity contribution in [2.75, 3.05) is 6.54 Å². The van der Waals surface area contributed by atoms with Crippen LogP contribution in [-0.2, 0) is 11.8 Å². The minimum Gasteiger partial charge on any atom is -0.508 e. The molecular formula is C18H19NO. The van der Waals surface area contributed by atoms with E-state index in [0.29, 0.717) is 11.8 Å². The van der Waals surface area contributed by atoms with E-state index in [-0.39, 0.29) is 5.41 Å². The number of fused-ring (bicyclic) bond motifs is 4. The molecule has 2 aromatic carbocycles. The molecule has 0 saturated carbocycles. The lowest BCUT2D eigenvalue weighted by Crippen LogP contribution is -2.51. The van der Waals surface area contributed by atoms with Crippen LogP contribution in [0.1, 0.15) is 29.5 Å². The lowest BCUT2D eigenvalue weighted by molar-refractivity contribution is 0.268. The van der Waals surface area contributed by atoms with E-state index in [1.807, 2.05) is 12.1 Å². The summed E-state index contributed by atoms with van der Waals surface area (Å²) in [5.41, 5.74) is 4.18. The summed E-state index contributed by atoms with van der Waals surface area (Å²) in [5.74, 6) is 0.385. The molecule has 0 radical (unpaired) electrons. The maximum atomic E-state index is 9.93. The highest BCUT2D eigenvalue weighted by Crippen LogP contribution is 2.47. The Morgan fingerprint density at radius 2 is 1.95 bits per heavy atom. The van der Waals surface area contributed by atoms with Gasteiger partial charge in [0.15, 0.2) is 0 Å². The molecule has 2 bridgehead atoms. The van der Waals surface area contributed by atoms with Crippen molar-refractivity contribution in [3.05, 3.63) is 65.2 Å². The van der Waals surface area contributed by atoms with Crippen molar-refractivity contribution in [3.63, 3.8) is 0 Å². The normalized spacial score (nSPS) is 27.9. The van der Waals surface area contributed by atoms with E-state index in [2.05, 4.69) is 41.7 Å². The van der Waals surface area contributed by atoms with Gasteiger partial charge in [0, 0.05) is 11.5 Å². The van der Waals surface area contributed by atoms with Crippen LogP contribution in [0.5, 0.6) is 5.75 Å². The number of rotatable bonds is 1.